The zero-order valence-electron chi connectivity index (χ0n) is 10.9. The number of hydrogen-bond donors (Lipinski definition) is 1. The summed E-state index contributed by atoms with van der Waals surface area (Å²) in [5.41, 5.74) is 0.645. The second kappa shape index (κ2) is 7.27. The molecule has 0 amide bonds. The van der Waals surface area contributed by atoms with Gasteiger partial charge in [0.25, 0.3) is 5.69 Å². The van der Waals surface area contributed by atoms with Crippen molar-refractivity contribution in [3.05, 3.63) is 45.5 Å². The molecule has 0 atom stereocenters. The summed E-state index contributed by atoms with van der Waals surface area (Å²) in [5.74, 6) is -0.589. The first kappa shape index (κ1) is 14.8. The van der Waals surface area contributed by atoms with Gasteiger partial charge in [0, 0.05) is 12.1 Å². The van der Waals surface area contributed by atoms with Crippen LogP contribution in [0.25, 0.3) is 6.08 Å². The quantitative estimate of drug-likeness (QED) is 0.368. The van der Waals surface area contributed by atoms with E-state index in [0.717, 1.165) is 13.0 Å². The van der Waals surface area contributed by atoms with Crippen molar-refractivity contribution < 1.29 is 14.5 Å². The standard InChI is InChI=1S/C13H16N2O4/c1-14-6-4-3-5-10-7-11(13(16)19-2)9-12(8-10)15(17)18/h3,5,7-9,14H,4,6H2,1-2H3. The Morgan fingerprint density at radius 1 is 1.47 bits per heavy atom. The molecule has 102 valence electrons. The minimum atomic E-state index is -0.589. The van der Waals surface area contributed by atoms with Crippen molar-refractivity contribution in [1.29, 1.82) is 0 Å². The van der Waals surface area contributed by atoms with Crippen LogP contribution < -0.4 is 5.32 Å². The molecular formula is C13H16N2O4. The van der Waals surface area contributed by atoms with Gasteiger partial charge in [-0.25, -0.2) is 4.79 Å². The lowest BCUT2D eigenvalue weighted by Gasteiger charge is -2.01. The number of ether oxygens (including phenoxy) is 1. The monoisotopic (exact) mass is 264 g/mol. The van der Waals surface area contributed by atoms with E-state index < -0.39 is 10.9 Å². The molecule has 0 aliphatic rings. The lowest BCUT2D eigenvalue weighted by atomic mass is 10.1. The Kier molecular flexibility index (Phi) is 5.69. The molecule has 1 aromatic rings. The van der Waals surface area contributed by atoms with Crippen molar-refractivity contribution in [2.24, 2.45) is 0 Å². The zero-order chi connectivity index (χ0) is 14.3. The van der Waals surface area contributed by atoms with Crippen LogP contribution in [-0.2, 0) is 4.74 Å². The summed E-state index contributed by atoms with van der Waals surface area (Å²) < 4.78 is 4.57. The number of nitro benzene ring substituents is 1. The average Bonchev–Trinajstić information content (AvgIpc) is 2.42. The molecule has 1 rings (SSSR count). The zero-order valence-corrected chi connectivity index (χ0v) is 10.9. The summed E-state index contributed by atoms with van der Waals surface area (Å²) in [6, 6.07) is 4.19. The molecule has 0 aromatic heterocycles. The first-order valence-electron chi connectivity index (χ1n) is 5.77. The van der Waals surface area contributed by atoms with Crippen LogP contribution in [0, 0.1) is 10.1 Å². The molecule has 0 aliphatic carbocycles. The van der Waals surface area contributed by atoms with E-state index in [-0.39, 0.29) is 11.3 Å². The third-order valence-corrected chi connectivity index (χ3v) is 2.44. The minimum absolute atomic E-state index is 0.129. The van der Waals surface area contributed by atoms with Gasteiger partial charge in [-0.15, -0.1) is 0 Å². The number of nitro groups is 1. The van der Waals surface area contributed by atoms with E-state index in [4.69, 9.17) is 0 Å². The third-order valence-electron chi connectivity index (χ3n) is 2.44. The van der Waals surface area contributed by atoms with Crippen LogP contribution in [0.3, 0.4) is 0 Å². The Morgan fingerprint density at radius 3 is 2.79 bits per heavy atom. The van der Waals surface area contributed by atoms with Crippen LogP contribution in [0.15, 0.2) is 24.3 Å². The Hall–Kier alpha value is -2.21. The Bertz CT molecular complexity index is 497. The maximum absolute atomic E-state index is 11.4. The summed E-state index contributed by atoms with van der Waals surface area (Å²) >= 11 is 0. The predicted molar refractivity (Wildman–Crippen MR) is 72.0 cm³/mol. The molecule has 1 aromatic carbocycles. The van der Waals surface area contributed by atoms with Crippen molar-refractivity contribution in [3.8, 4) is 0 Å². The van der Waals surface area contributed by atoms with Crippen molar-refractivity contribution in [2.75, 3.05) is 20.7 Å². The minimum Gasteiger partial charge on any atom is -0.465 e. The van der Waals surface area contributed by atoms with Crippen molar-refractivity contribution in [3.63, 3.8) is 0 Å². The second-order valence-electron chi connectivity index (χ2n) is 3.86. The summed E-state index contributed by atoms with van der Waals surface area (Å²) in [5, 5.41) is 13.8. The third kappa shape index (κ3) is 4.51. The van der Waals surface area contributed by atoms with Gasteiger partial charge in [-0.05, 0) is 31.6 Å². The lowest BCUT2D eigenvalue weighted by molar-refractivity contribution is -0.384. The molecule has 0 radical (unpaired) electrons. The molecule has 0 heterocycles. The normalized spacial score (nSPS) is 10.6. The van der Waals surface area contributed by atoms with Crippen LogP contribution in [0.1, 0.15) is 22.3 Å². The number of hydrogen-bond acceptors (Lipinski definition) is 5. The van der Waals surface area contributed by atoms with Crippen molar-refractivity contribution in [1.82, 2.24) is 5.32 Å². The fraction of sp³-hybridized carbons (Fsp3) is 0.308. The first-order valence-corrected chi connectivity index (χ1v) is 5.77. The number of methoxy groups -OCH3 is 1. The summed E-state index contributed by atoms with van der Waals surface area (Å²) in [4.78, 5) is 21.7. The fourth-order valence-corrected chi connectivity index (χ4v) is 1.52. The summed E-state index contributed by atoms with van der Waals surface area (Å²) in [6.07, 6.45) is 4.43. The van der Waals surface area contributed by atoms with E-state index in [0.29, 0.717) is 5.56 Å². The smallest absolute Gasteiger partial charge is 0.338 e. The summed E-state index contributed by atoms with van der Waals surface area (Å²) in [6.45, 7) is 0.815. The van der Waals surface area contributed by atoms with Crippen LogP contribution in [0.4, 0.5) is 5.69 Å². The maximum Gasteiger partial charge on any atom is 0.338 e. The molecular weight excluding hydrogens is 248 g/mol. The van der Waals surface area contributed by atoms with Gasteiger partial charge in [-0.2, -0.15) is 0 Å². The molecule has 0 bridgehead atoms. The number of carbonyl (C=O) groups excluding carboxylic acids is 1. The van der Waals surface area contributed by atoms with E-state index >= 15 is 0 Å². The topological polar surface area (TPSA) is 81.5 Å². The molecule has 6 heteroatoms. The van der Waals surface area contributed by atoms with Gasteiger partial charge in [0.05, 0.1) is 17.6 Å². The van der Waals surface area contributed by atoms with E-state index in [1.165, 1.54) is 19.2 Å². The molecule has 1 N–H and O–H groups in total. The number of carbonyl (C=O) groups is 1. The SMILES string of the molecule is CNCCC=Cc1cc(C(=O)OC)cc([N+](=O)[O-])c1. The average molecular weight is 264 g/mol. The lowest BCUT2D eigenvalue weighted by Crippen LogP contribution is -2.05. The van der Waals surface area contributed by atoms with Gasteiger partial charge in [0.15, 0.2) is 0 Å². The molecule has 0 aliphatic heterocycles. The number of esters is 1. The molecule has 0 unspecified atom stereocenters. The number of rotatable bonds is 6. The predicted octanol–water partition coefficient (Wildman–Crippen LogP) is 2.00. The van der Waals surface area contributed by atoms with Crippen molar-refractivity contribution in [2.45, 2.75) is 6.42 Å². The van der Waals surface area contributed by atoms with E-state index in [1.807, 2.05) is 13.1 Å². The highest BCUT2D eigenvalue weighted by Crippen LogP contribution is 2.19. The molecule has 6 nitrogen and oxygen atoms in total. The van der Waals surface area contributed by atoms with Crippen molar-refractivity contribution >= 4 is 17.7 Å². The largest absolute Gasteiger partial charge is 0.465 e. The maximum atomic E-state index is 11.4. The summed E-state index contributed by atoms with van der Waals surface area (Å²) in [7, 11) is 3.08. The van der Waals surface area contributed by atoms with Crippen LogP contribution in [-0.4, -0.2) is 31.6 Å². The number of nitrogens with one attached hydrogen (secondary N) is 1. The first-order chi connectivity index (χ1) is 9.08. The Balaban J connectivity index is 3.03. The number of nitrogens with zero attached hydrogens (tertiary/aromatic N) is 1. The number of benzene rings is 1. The fourth-order valence-electron chi connectivity index (χ4n) is 1.52. The highest BCUT2D eigenvalue weighted by molar-refractivity contribution is 5.91. The molecule has 0 fully saturated rings. The second-order valence-corrected chi connectivity index (χ2v) is 3.86. The molecule has 0 saturated carbocycles. The van der Waals surface area contributed by atoms with Crippen LogP contribution in [0.2, 0.25) is 0 Å². The number of non-ortho nitro benzene ring substituents is 1. The van der Waals surface area contributed by atoms with Crippen LogP contribution in [0.5, 0.6) is 0 Å². The van der Waals surface area contributed by atoms with Crippen LogP contribution >= 0.6 is 0 Å². The van der Waals surface area contributed by atoms with Gasteiger partial charge in [-0.1, -0.05) is 12.2 Å². The Morgan fingerprint density at radius 2 is 2.21 bits per heavy atom. The highest BCUT2D eigenvalue weighted by Gasteiger charge is 2.13. The van der Waals surface area contributed by atoms with E-state index in [9.17, 15) is 14.9 Å². The highest BCUT2D eigenvalue weighted by atomic mass is 16.6. The van der Waals surface area contributed by atoms with Gasteiger partial charge in [0.2, 0.25) is 0 Å². The van der Waals surface area contributed by atoms with Gasteiger partial charge >= 0.3 is 5.97 Å². The molecule has 19 heavy (non-hydrogen) atoms. The van der Waals surface area contributed by atoms with Gasteiger partial charge in [0.1, 0.15) is 0 Å². The van der Waals surface area contributed by atoms with E-state index in [1.54, 1.807) is 12.1 Å². The molecule has 0 saturated heterocycles. The molecule has 0 spiro atoms. The van der Waals surface area contributed by atoms with Gasteiger partial charge in [-0.3, -0.25) is 10.1 Å². The van der Waals surface area contributed by atoms with Gasteiger partial charge < -0.3 is 10.1 Å². The van der Waals surface area contributed by atoms with E-state index in [2.05, 4.69) is 10.1 Å². The Labute approximate surface area is 111 Å².